The molecule has 1 heterocycles. The number of rotatable bonds is 3. The molecular weight excluding hydrogens is 150 g/mol. The molecule has 1 N–H and O–H groups in total. The Balaban J connectivity index is 2.17. The summed E-state index contributed by atoms with van der Waals surface area (Å²) in [5.74, 6) is 0. The molecule has 2 heteroatoms. The van der Waals surface area contributed by atoms with Crippen LogP contribution in [0.4, 0.5) is 0 Å². The van der Waals surface area contributed by atoms with E-state index >= 15 is 0 Å². The molecule has 0 saturated carbocycles. The van der Waals surface area contributed by atoms with Crippen LogP contribution < -0.4 is 5.32 Å². The fraction of sp³-hybridized carbons (Fsp3) is 0.600. The lowest BCUT2D eigenvalue weighted by molar-refractivity contribution is 0.112. The summed E-state index contributed by atoms with van der Waals surface area (Å²) in [6.45, 7) is 7.87. The van der Waals surface area contributed by atoms with Gasteiger partial charge in [-0.05, 0) is 38.9 Å². The minimum Gasteiger partial charge on any atom is -0.498 e. The number of piperidine rings is 1. The maximum atomic E-state index is 5.51. The van der Waals surface area contributed by atoms with Crippen LogP contribution in [0, 0.1) is 0 Å². The van der Waals surface area contributed by atoms with Gasteiger partial charge in [0.05, 0.1) is 6.26 Å². The lowest BCUT2D eigenvalue weighted by atomic mass is 10.1. The number of ether oxygens (including phenoxy) is 1. The molecule has 1 fully saturated rings. The predicted molar refractivity (Wildman–Crippen MR) is 50.9 cm³/mol. The van der Waals surface area contributed by atoms with Gasteiger partial charge in [-0.15, -0.1) is 0 Å². The van der Waals surface area contributed by atoms with E-state index in [1.165, 1.54) is 0 Å². The summed E-state index contributed by atoms with van der Waals surface area (Å²) in [6.07, 6.45) is 6.29. The maximum Gasteiger partial charge on any atom is 0.100 e. The first-order valence-corrected chi connectivity index (χ1v) is 4.47. The van der Waals surface area contributed by atoms with Crippen LogP contribution in [0.25, 0.3) is 0 Å². The van der Waals surface area contributed by atoms with E-state index in [1.807, 2.05) is 13.0 Å². The molecule has 0 aromatic carbocycles. The zero-order valence-corrected chi connectivity index (χ0v) is 7.68. The summed E-state index contributed by atoms with van der Waals surface area (Å²) in [4.78, 5) is 0. The lowest BCUT2D eigenvalue weighted by Crippen LogP contribution is -2.31. The molecule has 1 aliphatic heterocycles. The van der Waals surface area contributed by atoms with Gasteiger partial charge in [-0.1, -0.05) is 12.2 Å². The topological polar surface area (TPSA) is 21.3 Å². The van der Waals surface area contributed by atoms with Crippen LogP contribution in [-0.2, 0) is 4.74 Å². The Morgan fingerprint density at radius 1 is 1.50 bits per heavy atom. The van der Waals surface area contributed by atoms with Gasteiger partial charge in [0.1, 0.15) is 6.10 Å². The highest BCUT2D eigenvalue weighted by Crippen LogP contribution is 2.07. The van der Waals surface area contributed by atoms with Gasteiger partial charge < -0.3 is 10.1 Å². The van der Waals surface area contributed by atoms with Crippen LogP contribution >= 0.6 is 0 Å². The predicted octanol–water partition coefficient (Wildman–Crippen LogP) is 1.84. The average Bonchev–Trinajstić information content (AvgIpc) is 2.05. The molecule has 2 nitrogen and oxygen atoms in total. The smallest absolute Gasteiger partial charge is 0.100 e. The van der Waals surface area contributed by atoms with E-state index in [0.717, 1.165) is 31.5 Å². The van der Waals surface area contributed by atoms with E-state index in [0.29, 0.717) is 6.10 Å². The van der Waals surface area contributed by atoms with Crippen LogP contribution in [0.5, 0.6) is 0 Å². The van der Waals surface area contributed by atoms with Crippen molar-refractivity contribution in [1.29, 1.82) is 0 Å². The molecule has 0 atom stereocenters. The Morgan fingerprint density at radius 3 is 2.75 bits per heavy atom. The fourth-order valence-corrected chi connectivity index (χ4v) is 1.20. The average molecular weight is 167 g/mol. The molecule has 1 saturated heterocycles. The second-order valence-electron chi connectivity index (χ2n) is 3.23. The quantitative estimate of drug-likeness (QED) is 0.511. The van der Waals surface area contributed by atoms with E-state index in [9.17, 15) is 0 Å². The molecule has 68 valence electrons. The summed E-state index contributed by atoms with van der Waals surface area (Å²) in [7, 11) is 0. The van der Waals surface area contributed by atoms with Gasteiger partial charge in [0.2, 0.25) is 0 Å². The summed E-state index contributed by atoms with van der Waals surface area (Å²) >= 11 is 0. The second-order valence-corrected chi connectivity index (χ2v) is 3.23. The van der Waals surface area contributed by atoms with Crippen LogP contribution in [0.15, 0.2) is 24.5 Å². The Labute approximate surface area is 74.3 Å². The Kier molecular flexibility index (Phi) is 3.88. The van der Waals surface area contributed by atoms with Crippen molar-refractivity contribution >= 4 is 0 Å². The molecule has 0 aromatic rings. The van der Waals surface area contributed by atoms with Crippen molar-refractivity contribution in [1.82, 2.24) is 5.32 Å². The largest absolute Gasteiger partial charge is 0.498 e. The van der Waals surface area contributed by atoms with Crippen molar-refractivity contribution in [3.05, 3.63) is 24.5 Å². The molecule has 1 rings (SSSR count). The SMILES string of the molecule is C=C(C)/C=C/OC1CCNCC1. The highest BCUT2D eigenvalue weighted by atomic mass is 16.5. The molecule has 0 bridgehead atoms. The third-order valence-electron chi connectivity index (χ3n) is 1.91. The Morgan fingerprint density at radius 2 is 2.17 bits per heavy atom. The van der Waals surface area contributed by atoms with Crippen molar-refractivity contribution in [2.75, 3.05) is 13.1 Å². The van der Waals surface area contributed by atoms with E-state index in [-0.39, 0.29) is 0 Å². The first-order chi connectivity index (χ1) is 5.79. The molecule has 0 amide bonds. The molecule has 12 heavy (non-hydrogen) atoms. The zero-order valence-electron chi connectivity index (χ0n) is 7.68. The molecule has 0 unspecified atom stereocenters. The molecule has 1 aliphatic rings. The number of allylic oxidation sites excluding steroid dienone is 2. The second kappa shape index (κ2) is 4.99. The first kappa shape index (κ1) is 9.33. The Hall–Kier alpha value is -0.760. The molecule has 0 aromatic heterocycles. The fourth-order valence-electron chi connectivity index (χ4n) is 1.20. The van der Waals surface area contributed by atoms with Crippen LogP contribution in [-0.4, -0.2) is 19.2 Å². The molecule has 0 radical (unpaired) electrons. The number of hydrogen-bond acceptors (Lipinski definition) is 2. The van der Waals surface area contributed by atoms with Gasteiger partial charge in [-0.3, -0.25) is 0 Å². The minimum atomic E-state index is 0.404. The van der Waals surface area contributed by atoms with Crippen molar-refractivity contribution in [2.24, 2.45) is 0 Å². The molecule has 0 spiro atoms. The van der Waals surface area contributed by atoms with Crippen molar-refractivity contribution in [3.63, 3.8) is 0 Å². The highest BCUT2D eigenvalue weighted by molar-refractivity contribution is 5.08. The van der Waals surface area contributed by atoms with Gasteiger partial charge >= 0.3 is 0 Å². The van der Waals surface area contributed by atoms with Crippen LogP contribution in [0.2, 0.25) is 0 Å². The highest BCUT2D eigenvalue weighted by Gasteiger charge is 2.11. The lowest BCUT2D eigenvalue weighted by Gasteiger charge is -2.21. The third kappa shape index (κ3) is 3.58. The molecule has 0 aliphatic carbocycles. The van der Waals surface area contributed by atoms with Gasteiger partial charge in [-0.25, -0.2) is 0 Å². The number of nitrogens with one attached hydrogen (secondary N) is 1. The summed E-state index contributed by atoms with van der Waals surface area (Å²) in [5.41, 5.74) is 1.03. The van der Waals surface area contributed by atoms with Crippen LogP contribution in [0.3, 0.4) is 0 Å². The van der Waals surface area contributed by atoms with Crippen molar-refractivity contribution < 1.29 is 4.74 Å². The first-order valence-electron chi connectivity index (χ1n) is 4.47. The minimum absolute atomic E-state index is 0.404. The summed E-state index contributed by atoms with van der Waals surface area (Å²) < 4.78 is 5.51. The maximum absolute atomic E-state index is 5.51. The normalized spacial score (nSPS) is 19.8. The van der Waals surface area contributed by atoms with E-state index in [1.54, 1.807) is 6.26 Å². The Bertz CT molecular complexity index is 169. The summed E-state index contributed by atoms with van der Waals surface area (Å²) in [6, 6.07) is 0. The molecular formula is C10H17NO. The van der Waals surface area contributed by atoms with E-state index in [2.05, 4.69) is 11.9 Å². The number of hydrogen-bond donors (Lipinski definition) is 1. The van der Waals surface area contributed by atoms with Gasteiger partial charge in [0.15, 0.2) is 0 Å². The van der Waals surface area contributed by atoms with Gasteiger partial charge in [0.25, 0.3) is 0 Å². The zero-order chi connectivity index (χ0) is 8.81. The van der Waals surface area contributed by atoms with Crippen molar-refractivity contribution in [2.45, 2.75) is 25.9 Å². The van der Waals surface area contributed by atoms with Crippen molar-refractivity contribution in [3.8, 4) is 0 Å². The third-order valence-corrected chi connectivity index (χ3v) is 1.91. The monoisotopic (exact) mass is 167 g/mol. The van der Waals surface area contributed by atoms with E-state index < -0.39 is 0 Å². The summed E-state index contributed by atoms with van der Waals surface area (Å²) in [5, 5.41) is 3.29. The van der Waals surface area contributed by atoms with Gasteiger partial charge in [0, 0.05) is 0 Å². The van der Waals surface area contributed by atoms with Crippen LogP contribution in [0.1, 0.15) is 19.8 Å². The van der Waals surface area contributed by atoms with Gasteiger partial charge in [-0.2, -0.15) is 0 Å². The van der Waals surface area contributed by atoms with E-state index in [4.69, 9.17) is 4.74 Å². The standard InChI is InChI=1S/C10H17NO/c1-9(2)5-8-12-10-3-6-11-7-4-10/h5,8,10-11H,1,3-4,6-7H2,2H3/b8-5+.